The fraction of sp³-hybridized carbons (Fsp3) is 0.250. The maximum atomic E-state index is 10.8. The molecule has 7 nitrogen and oxygen atoms in total. The molecule has 5 rings (SSSR count). The van der Waals surface area contributed by atoms with Gasteiger partial charge >= 0.3 is 0 Å². The van der Waals surface area contributed by atoms with E-state index >= 15 is 0 Å². The first-order chi connectivity index (χ1) is 23.2. The van der Waals surface area contributed by atoms with Gasteiger partial charge in [-0.2, -0.15) is 0 Å². The topological polar surface area (TPSA) is 69.6 Å². The lowest BCUT2D eigenvalue weighted by Gasteiger charge is -2.37. The zero-order chi connectivity index (χ0) is 32.7. The van der Waals surface area contributed by atoms with E-state index in [1.807, 2.05) is 140 Å². The van der Waals surface area contributed by atoms with Crippen LogP contribution in [-0.4, -0.2) is 50.8 Å². The van der Waals surface area contributed by atoms with E-state index in [0.29, 0.717) is 26.4 Å². The summed E-state index contributed by atoms with van der Waals surface area (Å²) in [6.45, 7) is 1.15. The number of hydrogen-bond donors (Lipinski definition) is 1. The number of aliphatic hydroxyl groups excluding tert-OH is 1. The van der Waals surface area contributed by atoms with Gasteiger partial charge in [0, 0.05) is 11.4 Å². The van der Waals surface area contributed by atoms with Crippen molar-refractivity contribution in [1.82, 2.24) is 0 Å². The maximum absolute atomic E-state index is 10.8. The highest BCUT2D eigenvalue weighted by Crippen LogP contribution is 2.31. The molecule has 0 aliphatic carbocycles. The minimum Gasteiger partial charge on any atom is -0.497 e. The van der Waals surface area contributed by atoms with Gasteiger partial charge in [-0.15, -0.1) is 0 Å². The average molecular weight is 634 g/mol. The normalized spacial score (nSPS) is 13.0. The molecule has 0 aliphatic rings. The lowest BCUT2D eigenvalue weighted by atomic mass is 10.0. The molecular weight excluding hydrogens is 590 g/mol. The predicted octanol–water partition coefficient (Wildman–Crippen LogP) is 7.59. The van der Waals surface area contributed by atoms with E-state index in [1.54, 1.807) is 14.2 Å². The first-order valence-corrected chi connectivity index (χ1v) is 15.8. The summed E-state index contributed by atoms with van der Waals surface area (Å²) in [5.74, 6) is 1.53. The first-order valence-electron chi connectivity index (χ1n) is 15.8. The Balaban J connectivity index is 1.51. The van der Waals surface area contributed by atoms with Gasteiger partial charge in [0.1, 0.15) is 29.8 Å². The van der Waals surface area contributed by atoms with Gasteiger partial charge in [-0.3, -0.25) is 0 Å². The van der Waals surface area contributed by atoms with Crippen LogP contribution in [0.15, 0.2) is 140 Å². The lowest BCUT2D eigenvalue weighted by Crippen LogP contribution is -2.49. The van der Waals surface area contributed by atoms with E-state index in [0.717, 1.165) is 39.6 Å². The standard InChI is InChI=1S/C40H43NO6/c1-43-36-22-18-34(19-23-36)41(35-20-24-37(44-2)25-21-35)26-38(45-28-31-12-6-3-7-13-31)40(47-30-33-16-10-5-11-17-33)39(27-42)46-29-32-14-8-4-9-15-32/h3-25,38-40,42H,26-30H2,1-2H3/t38-,39-,40+/m0/s1. The Morgan fingerprint density at radius 3 is 1.26 bits per heavy atom. The fourth-order valence-electron chi connectivity index (χ4n) is 5.34. The van der Waals surface area contributed by atoms with Crippen LogP contribution in [0.2, 0.25) is 0 Å². The second kappa shape index (κ2) is 17.9. The van der Waals surface area contributed by atoms with Crippen molar-refractivity contribution >= 4 is 11.4 Å². The second-order valence-electron chi connectivity index (χ2n) is 11.1. The van der Waals surface area contributed by atoms with E-state index in [-0.39, 0.29) is 6.61 Å². The zero-order valence-electron chi connectivity index (χ0n) is 27.0. The van der Waals surface area contributed by atoms with Gasteiger partial charge in [0.15, 0.2) is 0 Å². The van der Waals surface area contributed by atoms with Gasteiger partial charge in [-0.25, -0.2) is 0 Å². The Kier molecular flexibility index (Phi) is 12.8. The lowest BCUT2D eigenvalue weighted by molar-refractivity contribution is -0.158. The third kappa shape index (κ3) is 9.91. The van der Waals surface area contributed by atoms with E-state index < -0.39 is 18.3 Å². The number of benzene rings is 5. The van der Waals surface area contributed by atoms with Crippen LogP contribution in [-0.2, 0) is 34.0 Å². The number of aliphatic hydroxyl groups is 1. The Bertz CT molecular complexity index is 1520. The predicted molar refractivity (Wildman–Crippen MR) is 185 cm³/mol. The molecule has 0 unspecified atom stereocenters. The van der Waals surface area contributed by atoms with Gasteiger partial charge < -0.3 is 33.7 Å². The highest BCUT2D eigenvalue weighted by atomic mass is 16.6. The van der Waals surface area contributed by atoms with Crippen molar-refractivity contribution in [2.75, 3.05) is 32.3 Å². The Morgan fingerprint density at radius 1 is 0.489 bits per heavy atom. The summed E-state index contributed by atoms with van der Waals surface area (Å²) in [5, 5.41) is 10.8. The van der Waals surface area contributed by atoms with Gasteiger partial charge in [-0.1, -0.05) is 91.0 Å². The summed E-state index contributed by atoms with van der Waals surface area (Å²) in [4.78, 5) is 2.18. The third-order valence-electron chi connectivity index (χ3n) is 7.94. The van der Waals surface area contributed by atoms with E-state index in [2.05, 4.69) is 4.90 Å². The van der Waals surface area contributed by atoms with Crippen LogP contribution in [0.1, 0.15) is 16.7 Å². The molecule has 244 valence electrons. The Morgan fingerprint density at radius 2 is 0.872 bits per heavy atom. The number of rotatable bonds is 18. The molecule has 0 heterocycles. The van der Waals surface area contributed by atoms with Gasteiger partial charge in [0.25, 0.3) is 0 Å². The molecule has 0 saturated heterocycles. The van der Waals surface area contributed by atoms with Crippen molar-refractivity contribution in [3.63, 3.8) is 0 Å². The quantitative estimate of drug-likeness (QED) is 0.107. The van der Waals surface area contributed by atoms with Crippen LogP contribution in [0.5, 0.6) is 11.5 Å². The fourth-order valence-corrected chi connectivity index (χ4v) is 5.34. The second-order valence-corrected chi connectivity index (χ2v) is 11.1. The summed E-state index contributed by atoms with van der Waals surface area (Å²) in [6.07, 6.45) is -1.84. The molecule has 0 amide bonds. The number of ether oxygens (including phenoxy) is 5. The van der Waals surface area contributed by atoms with Crippen molar-refractivity contribution in [2.45, 2.75) is 38.1 Å². The van der Waals surface area contributed by atoms with Crippen LogP contribution in [0.3, 0.4) is 0 Å². The molecule has 3 atom stereocenters. The van der Waals surface area contributed by atoms with Crippen molar-refractivity contribution < 1.29 is 28.8 Å². The maximum Gasteiger partial charge on any atom is 0.119 e. The van der Waals surface area contributed by atoms with Gasteiger partial charge in [-0.05, 0) is 65.2 Å². The van der Waals surface area contributed by atoms with Gasteiger partial charge in [0.05, 0.1) is 47.2 Å². The van der Waals surface area contributed by atoms with Crippen LogP contribution in [0.4, 0.5) is 11.4 Å². The first kappa shape index (κ1) is 33.7. The van der Waals surface area contributed by atoms with E-state index in [1.165, 1.54) is 0 Å². The van der Waals surface area contributed by atoms with Crippen LogP contribution >= 0.6 is 0 Å². The molecule has 1 N–H and O–H groups in total. The monoisotopic (exact) mass is 633 g/mol. The molecule has 47 heavy (non-hydrogen) atoms. The minimum absolute atomic E-state index is 0.247. The number of methoxy groups -OCH3 is 2. The summed E-state index contributed by atoms with van der Waals surface area (Å²) in [5.41, 5.74) is 4.94. The molecule has 0 radical (unpaired) electrons. The molecule has 0 aliphatic heterocycles. The van der Waals surface area contributed by atoms with Crippen LogP contribution in [0.25, 0.3) is 0 Å². The van der Waals surface area contributed by atoms with Gasteiger partial charge in [0.2, 0.25) is 0 Å². The third-order valence-corrected chi connectivity index (χ3v) is 7.94. The van der Waals surface area contributed by atoms with Crippen molar-refractivity contribution in [2.24, 2.45) is 0 Å². The number of nitrogens with zero attached hydrogens (tertiary/aromatic N) is 1. The molecule has 0 bridgehead atoms. The molecule has 0 saturated carbocycles. The van der Waals surface area contributed by atoms with E-state index in [9.17, 15) is 5.11 Å². The Hall–Kier alpha value is -4.66. The summed E-state index contributed by atoms with van der Waals surface area (Å²) in [6, 6.07) is 45.8. The summed E-state index contributed by atoms with van der Waals surface area (Å²) >= 11 is 0. The highest BCUT2D eigenvalue weighted by Gasteiger charge is 2.34. The number of anilines is 2. The summed E-state index contributed by atoms with van der Waals surface area (Å²) in [7, 11) is 3.31. The van der Waals surface area contributed by atoms with Crippen molar-refractivity contribution in [3.8, 4) is 11.5 Å². The van der Waals surface area contributed by atoms with E-state index in [4.69, 9.17) is 23.7 Å². The van der Waals surface area contributed by atoms with Crippen LogP contribution < -0.4 is 14.4 Å². The largest absolute Gasteiger partial charge is 0.497 e. The highest BCUT2D eigenvalue weighted by molar-refractivity contribution is 5.64. The molecular formula is C40H43NO6. The number of hydrogen-bond acceptors (Lipinski definition) is 7. The zero-order valence-corrected chi connectivity index (χ0v) is 27.0. The van der Waals surface area contributed by atoms with Crippen molar-refractivity contribution in [3.05, 3.63) is 156 Å². The molecule has 7 heteroatoms. The average Bonchev–Trinajstić information content (AvgIpc) is 3.15. The molecule has 0 aromatic heterocycles. The molecule has 0 spiro atoms. The SMILES string of the molecule is COc1ccc(N(C[C@H](OCc2ccccc2)[C@@H](OCc2ccccc2)[C@H](CO)OCc2ccccc2)c2ccc(OC)cc2)cc1. The van der Waals surface area contributed by atoms with Crippen molar-refractivity contribution in [1.29, 1.82) is 0 Å². The molecule has 0 fully saturated rings. The smallest absolute Gasteiger partial charge is 0.119 e. The summed E-state index contributed by atoms with van der Waals surface area (Å²) < 4.78 is 30.8. The molecule has 5 aromatic carbocycles. The minimum atomic E-state index is -0.673. The Labute approximate surface area is 277 Å². The molecule has 5 aromatic rings. The van der Waals surface area contributed by atoms with Crippen LogP contribution in [0, 0.1) is 0 Å².